The number of aromatic nitrogens is 2. The summed E-state index contributed by atoms with van der Waals surface area (Å²) < 4.78 is 5.49. The third kappa shape index (κ3) is 4.60. The molecule has 2 heterocycles. The maximum Gasteiger partial charge on any atom is 0.224 e. The van der Waals surface area contributed by atoms with Crippen LogP contribution >= 0.6 is 11.6 Å². The molecule has 1 aliphatic heterocycles. The van der Waals surface area contributed by atoms with E-state index in [2.05, 4.69) is 15.3 Å². The van der Waals surface area contributed by atoms with Crippen LogP contribution in [0, 0.1) is 0 Å². The fourth-order valence-electron chi connectivity index (χ4n) is 2.83. The molecule has 7 heteroatoms. The van der Waals surface area contributed by atoms with Crippen LogP contribution in [-0.4, -0.2) is 48.5 Å². The summed E-state index contributed by atoms with van der Waals surface area (Å²) in [6.45, 7) is 2.54. The first-order valence-electron chi connectivity index (χ1n) is 8.43. The summed E-state index contributed by atoms with van der Waals surface area (Å²) in [4.78, 5) is 11.2. The molecular formula is C18H23ClN4O2. The molecule has 0 saturated carbocycles. The Morgan fingerprint density at radius 1 is 1.36 bits per heavy atom. The van der Waals surface area contributed by atoms with Crippen LogP contribution in [-0.2, 0) is 11.3 Å². The van der Waals surface area contributed by atoms with E-state index in [9.17, 15) is 0 Å². The second-order valence-corrected chi connectivity index (χ2v) is 6.54. The second-order valence-electron chi connectivity index (χ2n) is 6.13. The quantitative estimate of drug-likeness (QED) is 0.789. The summed E-state index contributed by atoms with van der Waals surface area (Å²) in [5.74, 6) is 1.63. The van der Waals surface area contributed by atoms with Crippen molar-refractivity contribution in [3.63, 3.8) is 0 Å². The Morgan fingerprint density at radius 2 is 2.20 bits per heavy atom. The topological polar surface area (TPSA) is 70.5 Å². The van der Waals surface area contributed by atoms with E-state index in [1.807, 2.05) is 42.3 Å². The first-order chi connectivity index (χ1) is 12.2. The van der Waals surface area contributed by atoms with Gasteiger partial charge in [-0.05, 0) is 18.1 Å². The molecule has 6 nitrogen and oxygen atoms in total. The fourth-order valence-corrected chi connectivity index (χ4v) is 3.03. The van der Waals surface area contributed by atoms with Gasteiger partial charge in [-0.15, -0.1) is 0 Å². The van der Waals surface area contributed by atoms with E-state index in [0.717, 1.165) is 35.1 Å². The van der Waals surface area contributed by atoms with Crippen LogP contribution in [0.1, 0.15) is 23.6 Å². The van der Waals surface area contributed by atoms with Crippen molar-refractivity contribution in [2.75, 3.05) is 43.6 Å². The van der Waals surface area contributed by atoms with Gasteiger partial charge in [-0.3, -0.25) is 0 Å². The highest BCUT2D eigenvalue weighted by Gasteiger charge is 2.21. The molecule has 3 rings (SSSR count). The van der Waals surface area contributed by atoms with Gasteiger partial charge >= 0.3 is 0 Å². The van der Waals surface area contributed by atoms with E-state index >= 15 is 0 Å². The van der Waals surface area contributed by atoms with Gasteiger partial charge in [0.25, 0.3) is 0 Å². The predicted octanol–water partition coefficient (Wildman–Crippen LogP) is 2.67. The van der Waals surface area contributed by atoms with E-state index in [1.54, 1.807) is 0 Å². The molecular weight excluding hydrogens is 340 g/mol. The molecule has 25 heavy (non-hydrogen) atoms. The number of aliphatic hydroxyl groups excluding tert-OH is 1. The SMILES string of the molecule is CN(Cc1ccccc1Cl)c1cc([C@@H]2CCOC2)nc(NCCO)n1. The largest absolute Gasteiger partial charge is 0.395 e. The zero-order valence-electron chi connectivity index (χ0n) is 14.3. The molecule has 0 radical (unpaired) electrons. The first kappa shape index (κ1) is 17.9. The van der Waals surface area contributed by atoms with Crippen molar-refractivity contribution in [1.29, 1.82) is 0 Å². The van der Waals surface area contributed by atoms with E-state index < -0.39 is 0 Å². The van der Waals surface area contributed by atoms with Crippen molar-refractivity contribution < 1.29 is 9.84 Å². The van der Waals surface area contributed by atoms with Crippen molar-refractivity contribution >= 4 is 23.4 Å². The lowest BCUT2D eigenvalue weighted by atomic mass is 10.0. The number of hydrogen-bond donors (Lipinski definition) is 2. The minimum Gasteiger partial charge on any atom is -0.395 e. The third-order valence-electron chi connectivity index (χ3n) is 4.23. The van der Waals surface area contributed by atoms with Gasteiger partial charge in [-0.25, -0.2) is 4.98 Å². The normalized spacial score (nSPS) is 16.8. The molecule has 134 valence electrons. The molecule has 0 aliphatic carbocycles. The molecule has 1 atom stereocenters. The molecule has 1 aromatic carbocycles. The summed E-state index contributed by atoms with van der Waals surface area (Å²) in [5.41, 5.74) is 2.01. The van der Waals surface area contributed by atoms with Crippen molar-refractivity contribution in [1.82, 2.24) is 9.97 Å². The highest BCUT2D eigenvalue weighted by atomic mass is 35.5. The number of aliphatic hydroxyl groups is 1. The molecule has 1 fully saturated rings. The predicted molar refractivity (Wildman–Crippen MR) is 99.3 cm³/mol. The Kier molecular flexibility index (Phi) is 6.07. The number of anilines is 2. The average Bonchev–Trinajstić information content (AvgIpc) is 3.16. The highest BCUT2D eigenvalue weighted by molar-refractivity contribution is 6.31. The zero-order valence-corrected chi connectivity index (χ0v) is 15.0. The van der Waals surface area contributed by atoms with Crippen molar-refractivity contribution in [2.24, 2.45) is 0 Å². The molecule has 0 spiro atoms. The van der Waals surface area contributed by atoms with E-state index in [4.69, 9.17) is 21.4 Å². The number of ether oxygens (including phenoxy) is 1. The fraction of sp³-hybridized carbons (Fsp3) is 0.444. The number of benzene rings is 1. The number of nitrogens with one attached hydrogen (secondary N) is 1. The number of rotatable bonds is 7. The summed E-state index contributed by atoms with van der Waals surface area (Å²) in [6.07, 6.45) is 0.962. The monoisotopic (exact) mass is 362 g/mol. The summed E-state index contributed by atoms with van der Waals surface area (Å²) in [7, 11) is 1.98. The van der Waals surface area contributed by atoms with Crippen LogP contribution in [0.2, 0.25) is 5.02 Å². The van der Waals surface area contributed by atoms with Crippen LogP contribution in [0.5, 0.6) is 0 Å². The summed E-state index contributed by atoms with van der Waals surface area (Å²) in [6, 6.07) is 9.81. The molecule has 1 aliphatic rings. The van der Waals surface area contributed by atoms with Gasteiger partial charge in [0.15, 0.2) is 0 Å². The van der Waals surface area contributed by atoms with Gasteiger partial charge in [0.05, 0.1) is 18.9 Å². The number of nitrogens with zero attached hydrogens (tertiary/aromatic N) is 3. The van der Waals surface area contributed by atoms with Gasteiger partial charge < -0.3 is 20.1 Å². The minimum atomic E-state index is 0.0327. The standard InChI is InChI=1S/C18H23ClN4O2/c1-23(11-13-4-2-3-5-15(13)19)17-10-16(14-6-9-25-12-14)21-18(22-17)20-7-8-24/h2-5,10,14,24H,6-9,11-12H2,1H3,(H,20,21,22)/t14-/m1/s1. The third-order valence-corrected chi connectivity index (χ3v) is 4.60. The molecule has 0 bridgehead atoms. The smallest absolute Gasteiger partial charge is 0.224 e. The maximum absolute atomic E-state index is 9.05. The van der Waals surface area contributed by atoms with Crippen molar-refractivity contribution in [2.45, 2.75) is 18.9 Å². The van der Waals surface area contributed by atoms with Gasteiger partial charge in [-0.2, -0.15) is 4.98 Å². The average molecular weight is 363 g/mol. The molecule has 0 unspecified atom stereocenters. The molecule has 1 aromatic heterocycles. The Balaban J connectivity index is 1.84. The maximum atomic E-state index is 9.05. The van der Waals surface area contributed by atoms with Crippen molar-refractivity contribution in [3.05, 3.63) is 46.6 Å². The lowest BCUT2D eigenvalue weighted by Gasteiger charge is -2.21. The molecule has 2 N–H and O–H groups in total. The van der Waals surface area contributed by atoms with Crippen LogP contribution in [0.3, 0.4) is 0 Å². The Bertz CT molecular complexity index is 707. The van der Waals surface area contributed by atoms with Gasteiger partial charge in [0.2, 0.25) is 5.95 Å². The van der Waals surface area contributed by atoms with Crippen LogP contribution in [0.15, 0.2) is 30.3 Å². The van der Waals surface area contributed by atoms with Gasteiger partial charge in [0, 0.05) is 43.8 Å². The van der Waals surface area contributed by atoms with Crippen molar-refractivity contribution in [3.8, 4) is 0 Å². The Morgan fingerprint density at radius 3 is 2.92 bits per heavy atom. The highest BCUT2D eigenvalue weighted by Crippen LogP contribution is 2.28. The molecule has 2 aromatic rings. The minimum absolute atomic E-state index is 0.0327. The molecule has 0 amide bonds. The van der Waals surface area contributed by atoms with E-state index in [-0.39, 0.29) is 12.5 Å². The molecule has 1 saturated heterocycles. The second kappa shape index (κ2) is 8.47. The Hall–Kier alpha value is -1.89. The van der Waals surface area contributed by atoms with Crippen LogP contribution in [0.25, 0.3) is 0 Å². The summed E-state index contributed by atoms with van der Waals surface area (Å²) >= 11 is 6.27. The zero-order chi connectivity index (χ0) is 17.6. The van der Waals surface area contributed by atoms with E-state index in [1.165, 1.54) is 0 Å². The number of hydrogen-bond acceptors (Lipinski definition) is 6. The first-order valence-corrected chi connectivity index (χ1v) is 8.81. The lowest BCUT2D eigenvalue weighted by Crippen LogP contribution is -2.20. The van der Waals surface area contributed by atoms with Gasteiger partial charge in [-0.1, -0.05) is 29.8 Å². The van der Waals surface area contributed by atoms with Gasteiger partial charge in [0.1, 0.15) is 5.82 Å². The van der Waals surface area contributed by atoms with Crippen LogP contribution < -0.4 is 10.2 Å². The number of halogens is 1. The van der Waals surface area contributed by atoms with E-state index in [0.29, 0.717) is 25.6 Å². The van der Waals surface area contributed by atoms with Crippen LogP contribution in [0.4, 0.5) is 11.8 Å². The Labute approximate surface area is 152 Å². The summed E-state index contributed by atoms with van der Waals surface area (Å²) in [5, 5.41) is 12.9. The lowest BCUT2D eigenvalue weighted by molar-refractivity contribution is 0.193.